The molecule has 0 amide bonds. The van der Waals surface area contributed by atoms with Gasteiger partial charge in [0.25, 0.3) is 0 Å². The largest absolute Gasteiger partial charge is 0.271 e. The number of hydrogen-bond donors (Lipinski definition) is 2. The van der Waals surface area contributed by atoms with Crippen LogP contribution in [0.3, 0.4) is 0 Å². The predicted octanol–water partition coefficient (Wildman–Crippen LogP) is 3.24. The predicted molar refractivity (Wildman–Crippen MR) is 76.3 cm³/mol. The first kappa shape index (κ1) is 14.9. The molecule has 0 aliphatic heterocycles. The lowest BCUT2D eigenvalue weighted by Gasteiger charge is -2.16. The first-order valence-electron chi connectivity index (χ1n) is 6.23. The molecule has 2 aromatic rings. The Morgan fingerprint density at radius 1 is 1.05 bits per heavy atom. The maximum absolute atomic E-state index is 13.7. The Morgan fingerprint density at radius 2 is 1.75 bits per heavy atom. The summed E-state index contributed by atoms with van der Waals surface area (Å²) < 4.78 is 26.5. The summed E-state index contributed by atoms with van der Waals surface area (Å²) in [4.78, 5) is 0. The van der Waals surface area contributed by atoms with Crippen LogP contribution in [-0.4, -0.2) is 6.04 Å². The van der Waals surface area contributed by atoms with E-state index in [2.05, 4.69) is 5.43 Å². The van der Waals surface area contributed by atoms with Crippen LogP contribution in [0.1, 0.15) is 11.1 Å². The minimum absolute atomic E-state index is 0.159. The number of halogens is 3. The molecule has 5 heteroatoms. The van der Waals surface area contributed by atoms with Gasteiger partial charge in [-0.2, -0.15) is 0 Å². The zero-order chi connectivity index (χ0) is 14.5. The molecule has 0 fully saturated rings. The standard InChI is InChI=1S/C15H15ClF2N2/c16-12-3-6-15(18)11(8-12)9-14(20-19)7-10-1-4-13(17)5-2-10/h1-6,8,14,20H,7,9,19H2. The summed E-state index contributed by atoms with van der Waals surface area (Å²) in [5.41, 5.74) is 4.09. The monoisotopic (exact) mass is 296 g/mol. The molecule has 0 saturated heterocycles. The molecule has 20 heavy (non-hydrogen) atoms. The molecule has 0 radical (unpaired) electrons. The molecule has 0 heterocycles. The van der Waals surface area contributed by atoms with Crippen molar-refractivity contribution < 1.29 is 8.78 Å². The van der Waals surface area contributed by atoms with Crippen molar-refractivity contribution in [3.8, 4) is 0 Å². The summed E-state index contributed by atoms with van der Waals surface area (Å²) in [6.07, 6.45) is 0.975. The van der Waals surface area contributed by atoms with Gasteiger partial charge in [0.1, 0.15) is 11.6 Å². The van der Waals surface area contributed by atoms with Crippen LogP contribution in [0, 0.1) is 11.6 Å². The van der Waals surface area contributed by atoms with E-state index in [0.717, 1.165) is 5.56 Å². The van der Waals surface area contributed by atoms with Gasteiger partial charge < -0.3 is 0 Å². The van der Waals surface area contributed by atoms with Crippen molar-refractivity contribution in [3.63, 3.8) is 0 Å². The van der Waals surface area contributed by atoms with Crippen LogP contribution in [-0.2, 0) is 12.8 Å². The van der Waals surface area contributed by atoms with E-state index >= 15 is 0 Å². The number of nitrogens with one attached hydrogen (secondary N) is 1. The molecule has 2 aromatic carbocycles. The molecule has 0 bridgehead atoms. The molecule has 2 nitrogen and oxygen atoms in total. The third kappa shape index (κ3) is 4.00. The molecule has 0 aliphatic rings. The van der Waals surface area contributed by atoms with Crippen molar-refractivity contribution in [3.05, 3.63) is 70.2 Å². The first-order chi connectivity index (χ1) is 9.58. The molecule has 1 unspecified atom stereocenters. The van der Waals surface area contributed by atoms with E-state index in [1.54, 1.807) is 18.2 Å². The van der Waals surface area contributed by atoms with Gasteiger partial charge in [0.05, 0.1) is 0 Å². The van der Waals surface area contributed by atoms with Crippen molar-refractivity contribution >= 4 is 11.6 Å². The summed E-state index contributed by atoms with van der Waals surface area (Å²) in [5.74, 6) is 4.91. The number of hydrazine groups is 1. The Kier molecular flexibility index (Phi) is 5.06. The van der Waals surface area contributed by atoms with Crippen molar-refractivity contribution in [1.29, 1.82) is 0 Å². The average Bonchev–Trinajstić information content (AvgIpc) is 2.44. The lowest BCUT2D eigenvalue weighted by Crippen LogP contribution is -2.38. The van der Waals surface area contributed by atoms with Gasteiger partial charge in [-0.1, -0.05) is 23.7 Å². The van der Waals surface area contributed by atoms with Crippen molar-refractivity contribution in [2.45, 2.75) is 18.9 Å². The highest BCUT2D eigenvalue weighted by atomic mass is 35.5. The minimum atomic E-state index is -0.311. The van der Waals surface area contributed by atoms with E-state index in [4.69, 9.17) is 17.4 Å². The highest BCUT2D eigenvalue weighted by Crippen LogP contribution is 2.17. The fourth-order valence-electron chi connectivity index (χ4n) is 2.06. The molecule has 0 aliphatic carbocycles. The fourth-order valence-corrected chi connectivity index (χ4v) is 2.25. The van der Waals surface area contributed by atoms with E-state index in [1.165, 1.54) is 24.3 Å². The van der Waals surface area contributed by atoms with Crippen molar-refractivity contribution in [2.75, 3.05) is 0 Å². The quantitative estimate of drug-likeness (QED) is 0.657. The third-order valence-electron chi connectivity index (χ3n) is 3.11. The maximum atomic E-state index is 13.7. The van der Waals surface area contributed by atoms with Gasteiger partial charge in [0, 0.05) is 11.1 Å². The summed E-state index contributed by atoms with van der Waals surface area (Å²) in [7, 11) is 0. The molecule has 106 valence electrons. The SMILES string of the molecule is NNC(Cc1ccc(F)cc1)Cc1cc(Cl)ccc1F. The Labute approximate surface area is 121 Å². The van der Waals surface area contributed by atoms with Gasteiger partial charge in [-0.25, -0.2) is 8.78 Å². The topological polar surface area (TPSA) is 38.0 Å². The zero-order valence-electron chi connectivity index (χ0n) is 10.7. The number of benzene rings is 2. The molecule has 0 spiro atoms. The number of nitrogens with two attached hydrogens (primary N) is 1. The Morgan fingerprint density at radius 3 is 2.40 bits per heavy atom. The van der Waals surface area contributed by atoms with Crippen LogP contribution in [0.25, 0.3) is 0 Å². The van der Waals surface area contributed by atoms with E-state index < -0.39 is 0 Å². The number of rotatable bonds is 5. The van der Waals surface area contributed by atoms with E-state index in [9.17, 15) is 8.78 Å². The highest BCUT2D eigenvalue weighted by molar-refractivity contribution is 6.30. The minimum Gasteiger partial charge on any atom is -0.271 e. The van der Waals surface area contributed by atoms with Gasteiger partial charge in [-0.15, -0.1) is 0 Å². The van der Waals surface area contributed by atoms with Crippen LogP contribution >= 0.6 is 11.6 Å². The van der Waals surface area contributed by atoms with Crippen molar-refractivity contribution in [1.82, 2.24) is 5.43 Å². The zero-order valence-corrected chi connectivity index (χ0v) is 11.5. The summed E-state index contributed by atoms with van der Waals surface area (Å²) in [6, 6.07) is 10.4. The molecule has 2 rings (SSSR count). The van der Waals surface area contributed by atoms with Gasteiger partial charge in [0.15, 0.2) is 0 Å². The van der Waals surface area contributed by atoms with Gasteiger partial charge >= 0.3 is 0 Å². The molecule has 1 atom stereocenters. The summed E-state index contributed by atoms with van der Waals surface area (Å²) >= 11 is 5.86. The van der Waals surface area contributed by atoms with Crippen LogP contribution in [0.5, 0.6) is 0 Å². The Bertz CT molecular complexity index is 573. The molecule has 3 N–H and O–H groups in total. The van der Waals surface area contributed by atoms with E-state index in [0.29, 0.717) is 23.4 Å². The normalized spacial score (nSPS) is 12.4. The maximum Gasteiger partial charge on any atom is 0.126 e. The van der Waals surface area contributed by atoms with E-state index in [1.807, 2.05) is 0 Å². The van der Waals surface area contributed by atoms with Gasteiger partial charge in [-0.3, -0.25) is 11.3 Å². The molecule has 0 aromatic heterocycles. The average molecular weight is 297 g/mol. The molecule has 0 saturated carbocycles. The Balaban J connectivity index is 2.08. The van der Waals surface area contributed by atoms with Crippen LogP contribution in [0.2, 0.25) is 5.02 Å². The fraction of sp³-hybridized carbons (Fsp3) is 0.200. The highest BCUT2D eigenvalue weighted by Gasteiger charge is 2.12. The molecular formula is C15H15ClF2N2. The smallest absolute Gasteiger partial charge is 0.126 e. The first-order valence-corrected chi connectivity index (χ1v) is 6.61. The second kappa shape index (κ2) is 6.79. The number of hydrogen-bond acceptors (Lipinski definition) is 2. The lowest BCUT2D eigenvalue weighted by molar-refractivity contribution is 0.506. The van der Waals surface area contributed by atoms with Gasteiger partial charge in [0.2, 0.25) is 0 Å². The second-order valence-electron chi connectivity index (χ2n) is 4.63. The Hall–Kier alpha value is -1.49. The lowest BCUT2D eigenvalue weighted by atomic mass is 9.99. The van der Waals surface area contributed by atoms with E-state index in [-0.39, 0.29) is 17.7 Å². The molecular weight excluding hydrogens is 282 g/mol. The summed E-state index contributed by atoms with van der Waals surface area (Å²) in [6.45, 7) is 0. The second-order valence-corrected chi connectivity index (χ2v) is 5.07. The van der Waals surface area contributed by atoms with Crippen LogP contribution < -0.4 is 11.3 Å². The third-order valence-corrected chi connectivity index (χ3v) is 3.34. The summed E-state index contributed by atoms with van der Waals surface area (Å²) in [5, 5.41) is 0.485. The van der Waals surface area contributed by atoms with Gasteiger partial charge in [-0.05, 0) is 54.3 Å². The van der Waals surface area contributed by atoms with Crippen molar-refractivity contribution in [2.24, 2.45) is 5.84 Å². The van der Waals surface area contributed by atoms with Crippen LogP contribution in [0.4, 0.5) is 8.78 Å². The van der Waals surface area contributed by atoms with Crippen LogP contribution in [0.15, 0.2) is 42.5 Å².